The minimum absolute atomic E-state index is 0.0204. The fraction of sp³-hybridized carbons (Fsp3) is 0.421. The number of rotatable bonds is 4. The van der Waals surface area contributed by atoms with E-state index in [-0.39, 0.29) is 17.7 Å². The number of nitrogens with zero attached hydrogens (tertiary/aromatic N) is 3. The first-order valence-electron chi connectivity index (χ1n) is 8.87. The van der Waals surface area contributed by atoms with Crippen molar-refractivity contribution in [1.29, 1.82) is 0 Å². The highest BCUT2D eigenvalue weighted by Crippen LogP contribution is 2.42. The summed E-state index contributed by atoms with van der Waals surface area (Å²) in [5.74, 6) is 0.0541. The van der Waals surface area contributed by atoms with Crippen LogP contribution in [0.2, 0.25) is 0 Å². The summed E-state index contributed by atoms with van der Waals surface area (Å²) in [5, 5.41) is 4.50. The molecule has 1 saturated carbocycles. The molecule has 1 aromatic carbocycles. The van der Waals surface area contributed by atoms with Crippen molar-refractivity contribution in [3.8, 4) is 5.69 Å². The molecule has 25 heavy (non-hydrogen) atoms. The number of carbonyl (C=O) groups excluding carboxylic acids is 2. The van der Waals surface area contributed by atoms with Gasteiger partial charge in [-0.15, -0.1) is 0 Å². The molecule has 6 nitrogen and oxygen atoms in total. The number of likely N-dealkylation sites (tertiary alicyclic amines) is 1. The molecule has 130 valence electrons. The predicted octanol–water partition coefficient (Wildman–Crippen LogP) is 2.09. The average Bonchev–Trinajstić information content (AvgIpc) is 3.40. The number of carbonyl (C=O) groups is 2. The number of hydrogen-bond donors (Lipinski definition) is 1. The van der Waals surface area contributed by atoms with Crippen LogP contribution in [0, 0.1) is 5.92 Å². The van der Waals surface area contributed by atoms with Crippen LogP contribution >= 0.6 is 0 Å². The summed E-state index contributed by atoms with van der Waals surface area (Å²) in [5.41, 5.74) is 8.09. The van der Waals surface area contributed by atoms with Gasteiger partial charge in [0.1, 0.15) is 0 Å². The first kappa shape index (κ1) is 15.9. The highest BCUT2D eigenvalue weighted by atomic mass is 16.2. The molecular formula is C19H22N4O2. The molecule has 0 bridgehead atoms. The molecule has 0 radical (unpaired) electrons. The summed E-state index contributed by atoms with van der Waals surface area (Å²) >= 11 is 0. The van der Waals surface area contributed by atoms with E-state index in [0.717, 1.165) is 24.2 Å². The van der Waals surface area contributed by atoms with Crippen LogP contribution in [0.5, 0.6) is 0 Å². The molecule has 2 fully saturated rings. The summed E-state index contributed by atoms with van der Waals surface area (Å²) < 4.78 is 1.90. The van der Waals surface area contributed by atoms with E-state index >= 15 is 0 Å². The number of primary amides is 1. The zero-order chi connectivity index (χ0) is 17.4. The topological polar surface area (TPSA) is 81.2 Å². The van der Waals surface area contributed by atoms with Crippen molar-refractivity contribution in [2.24, 2.45) is 11.7 Å². The van der Waals surface area contributed by atoms with Gasteiger partial charge >= 0.3 is 0 Å². The Morgan fingerprint density at radius 3 is 2.32 bits per heavy atom. The average molecular weight is 338 g/mol. The summed E-state index contributed by atoms with van der Waals surface area (Å²) in [6.45, 7) is 1.15. The lowest BCUT2D eigenvalue weighted by molar-refractivity contribution is -0.123. The second-order valence-corrected chi connectivity index (χ2v) is 6.93. The largest absolute Gasteiger partial charge is 0.369 e. The number of nitrogens with two attached hydrogens (primary N) is 1. The maximum absolute atomic E-state index is 13.0. The van der Waals surface area contributed by atoms with Crippen molar-refractivity contribution >= 4 is 11.8 Å². The molecular weight excluding hydrogens is 316 g/mol. The van der Waals surface area contributed by atoms with Gasteiger partial charge in [0.05, 0.1) is 23.1 Å². The highest BCUT2D eigenvalue weighted by molar-refractivity contribution is 5.95. The van der Waals surface area contributed by atoms with Gasteiger partial charge in [0.15, 0.2) is 0 Å². The zero-order valence-corrected chi connectivity index (χ0v) is 14.1. The Hall–Kier alpha value is -2.63. The third-order valence-corrected chi connectivity index (χ3v) is 5.19. The van der Waals surface area contributed by atoms with E-state index in [1.165, 1.54) is 0 Å². The van der Waals surface area contributed by atoms with Gasteiger partial charge in [-0.05, 0) is 37.8 Å². The minimum Gasteiger partial charge on any atom is -0.369 e. The lowest BCUT2D eigenvalue weighted by atomic mass is 9.96. The summed E-state index contributed by atoms with van der Waals surface area (Å²) in [6, 6.07) is 9.93. The Kier molecular flexibility index (Phi) is 4.03. The van der Waals surface area contributed by atoms with Crippen molar-refractivity contribution in [2.75, 3.05) is 13.1 Å². The van der Waals surface area contributed by atoms with Crippen molar-refractivity contribution in [3.63, 3.8) is 0 Å². The van der Waals surface area contributed by atoms with Crippen molar-refractivity contribution in [1.82, 2.24) is 14.7 Å². The summed E-state index contributed by atoms with van der Waals surface area (Å²) in [7, 11) is 0. The minimum atomic E-state index is -0.261. The highest BCUT2D eigenvalue weighted by Gasteiger charge is 2.35. The van der Waals surface area contributed by atoms with Crippen LogP contribution in [0.25, 0.3) is 5.69 Å². The van der Waals surface area contributed by atoms with E-state index < -0.39 is 0 Å². The fourth-order valence-corrected chi connectivity index (χ4v) is 3.58. The van der Waals surface area contributed by atoms with E-state index in [1.54, 1.807) is 6.20 Å². The standard InChI is InChI=1S/C19H22N4O2/c20-18(24)14-8-10-22(11-9-14)19(25)16-12-21-23(17(16)13-6-7-13)15-4-2-1-3-5-15/h1-5,12-14H,6-11H2,(H2,20,24). The molecule has 1 aromatic heterocycles. The number of aromatic nitrogens is 2. The van der Waals surface area contributed by atoms with E-state index in [1.807, 2.05) is 39.9 Å². The van der Waals surface area contributed by atoms with Gasteiger partial charge in [-0.3, -0.25) is 9.59 Å². The fourth-order valence-electron chi connectivity index (χ4n) is 3.58. The molecule has 1 aliphatic carbocycles. The van der Waals surface area contributed by atoms with Gasteiger partial charge in [-0.2, -0.15) is 5.10 Å². The molecule has 2 aliphatic rings. The first-order chi connectivity index (χ1) is 12.1. The van der Waals surface area contributed by atoms with Gasteiger partial charge in [0.2, 0.25) is 5.91 Å². The van der Waals surface area contributed by atoms with Gasteiger partial charge in [0.25, 0.3) is 5.91 Å². The maximum Gasteiger partial charge on any atom is 0.257 e. The Labute approximate surface area is 146 Å². The molecule has 1 saturated heterocycles. The molecule has 2 amide bonds. The first-order valence-corrected chi connectivity index (χ1v) is 8.87. The van der Waals surface area contributed by atoms with Crippen LogP contribution in [0.1, 0.15) is 47.7 Å². The van der Waals surface area contributed by atoms with Crippen LogP contribution in [0.4, 0.5) is 0 Å². The predicted molar refractivity (Wildman–Crippen MR) is 93.4 cm³/mol. The van der Waals surface area contributed by atoms with Gasteiger partial charge in [-0.25, -0.2) is 4.68 Å². The normalized spacial score (nSPS) is 18.3. The van der Waals surface area contributed by atoms with Crippen LogP contribution in [-0.2, 0) is 4.79 Å². The molecule has 2 aromatic rings. The van der Waals surface area contributed by atoms with E-state index in [2.05, 4.69) is 5.10 Å². The van der Waals surface area contributed by atoms with Crippen LogP contribution in [0.3, 0.4) is 0 Å². The smallest absolute Gasteiger partial charge is 0.257 e. The molecule has 1 aliphatic heterocycles. The molecule has 4 rings (SSSR count). The number of hydrogen-bond acceptors (Lipinski definition) is 3. The quantitative estimate of drug-likeness (QED) is 0.927. The Morgan fingerprint density at radius 1 is 1.04 bits per heavy atom. The van der Waals surface area contributed by atoms with Gasteiger partial charge < -0.3 is 10.6 Å². The zero-order valence-electron chi connectivity index (χ0n) is 14.1. The van der Waals surface area contributed by atoms with Crippen LogP contribution in [0.15, 0.2) is 36.5 Å². The molecule has 0 unspecified atom stereocenters. The molecule has 6 heteroatoms. The molecule has 2 heterocycles. The number of benzene rings is 1. The Bertz CT molecular complexity index is 787. The lowest BCUT2D eigenvalue weighted by Crippen LogP contribution is -2.41. The summed E-state index contributed by atoms with van der Waals surface area (Å²) in [4.78, 5) is 26.2. The molecule has 0 spiro atoms. The second kappa shape index (κ2) is 6.35. The molecule has 0 atom stereocenters. The van der Waals surface area contributed by atoms with Crippen molar-refractivity contribution in [2.45, 2.75) is 31.6 Å². The Balaban J connectivity index is 1.60. The number of para-hydroxylation sites is 1. The second-order valence-electron chi connectivity index (χ2n) is 6.93. The monoisotopic (exact) mass is 338 g/mol. The van der Waals surface area contributed by atoms with E-state index in [4.69, 9.17) is 5.73 Å². The molecule has 2 N–H and O–H groups in total. The summed E-state index contributed by atoms with van der Waals surface area (Å²) in [6.07, 6.45) is 5.19. The van der Waals surface area contributed by atoms with E-state index in [0.29, 0.717) is 37.4 Å². The van der Waals surface area contributed by atoms with Gasteiger partial charge in [-0.1, -0.05) is 18.2 Å². The van der Waals surface area contributed by atoms with E-state index in [9.17, 15) is 9.59 Å². The third kappa shape index (κ3) is 3.04. The number of amides is 2. The van der Waals surface area contributed by atoms with Crippen molar-refractivity contribution < 1.29 is 9.59 Å². The van der Waals surface area contributed by atoms with Crippen LogP contribution in [-0.4, -0.2) is 39.6 Å². The SMILES string of the molecule is NC(=O)C1CCN(C(=O)c2cnn(-c3ccccc3)c2C2CC2)CC1. The third-order valence-electron chi connectivity index (χ3n) is 5.19. The van der Waals surface area contributed by atoms with Crippen LogP contribution < -0.4 is 5.73 Å². The Morgan fingerprint density at radius 2 is 1.72 bits per heavy atom. The van der Waals surface area contributed by atoms with Gasteiger partial charge in [0, 0.05) is 24.9 Å². The maximum atomic E-state index is 13.0. The van der Waals surface area contributed by atoms with Crippen molar-refractivity contribution in [3.05, 3.63) is 47.8 Å². The number of piperidine rings is 1. The lowest BCUT2D eigenvalue weighted by Gasteiger charge is -2.30.